The molecule has 2 rings (SSSR count). The Labute approximate surface area is 586 Å². The summed E-state index contributed by atoms with van der Waals surface area (Å²) in [5.74, 6) is 0. The molecule has 2 aromatic carbocycles. The fraction of sp³-hybridized carbons (Fsp3) is 0.850. The number of benzene rings is 2. The van der Waals surface area contributed by atoms with E-state index >= 15 is 0 Å². The van der Waals surface area contributed by atoms with Crippen LogP contribution in [0.3, 0.4) is 0 Å². The van der Waals surface area contributed by atoms with Crippen molar-refractivity contribution in [3.8, 4) is 0 Å². The zero-order valence-electron chi connectivity index (χ0n) is 59.3. The van der Waals surface area contributed by atoms with Crippen LogP contribution in [0.25, 0.3) is 0 Å². The van der Waals surface area contributed by atoms with Gasteiger partial charge in [-0.1, -0.05) is 436 Å². The van der Waals surface area contributed by atoms with Crippen LogP contribution in [0.2, 0.25) is 0 Å². The van der Waals surface area contributed by atoms with Gasteiger partial charge in [-0.25, -0.2) is 16.8 Å². The van der Waals surface area contributed by atoms with Crippen LogP contribution in [-0.2, 0) is 33.1 Å². The Morgan fingerprint density at radius 3 is 0.427 bits per heavy atom. The quantitative estimate of drug-likeness (QED) is 0.0370. The van der Waals surface area contributed by atoms with Gasteiger partial charge in [0.25, 0.3) is 0 Å². The Morgan fingerprint density at radius 2 is 0.315 bits per heavy atom. The second-order valence-electron chi connectivity index (χ2n) is 27.6. The van der Waals surface area contributed by atoms with Crippen molar-refractivity contribution < 1.29 is 25.9 Å². The van der Waals surface area contributed by atoms with Gasteiger partial charge in [0.05, 0.1) is 9.79 Å². The van der Waals surface area contributed by atoms with Gasteiger partial charge >= 0.3 is 37.7 Å². The van der Waals surface area contributed by atoms with Crippen molar-refractivity contribution in [1.29, 1.82) is 0 Å². The van der Waals surface area contributed by atoms with Gasteiger partial charge in [-0.05, 0) is 61.1 Å². The molecule has 0 aromatic heterocycles. The van der Waals surface area contributed by atoms with Crippen LogP contribution in [0, 0.1) is 0 Å². The molecule has 0 saturated carbocycles. The number of aryl methyl sites for hydroxylation is 2. The second kappa shape index (κ2) is 68.9. The molecule has 0 aliphatic heterocycles. The molecule has 0 aliphatic rings. The van der Waals surface area contributed by atoms with E-state index in [0.29, 0.717) is 0 Å². The van der Waals surface area contributed by atoms with Crippen LogP contribution in [0.4, 0.5) is 0 Å². The largest absolute Gasteiger partial charge is 2.00 e. The molecule has 0 atom stereocenters. The maximum Gasteiger partial charge on any atom is 2.00 e. The van der Waals surface area contributed by atoms with E-state index in [4.69, 9.17) is 0 Å². The van der Waals surface area contributed by atoms with Crippen LogP contribution < -0.4 is 0 Å². The van der Waals surface area contributed by atoms with E-state index in [1.165, 1.54) is 422 Å². The molecular formula is C80H146CaO6S2. The molecular weight excluding hydrogens is 1160 g/mol. The van der Waals surface area contributed by atoms with Gasteiger partial charge in [-0.3, -0.25) is 0 Å². The van der Waals surface area contributed by atoms with Gasteiger partial charge in [0.2, 0.25) is 0 Å². The maximum atomic E-state index is 11.0. The standard InChI is InChI=1S/2C40H74O3S.Ca/c2*1-2-3-4-5-6-7-8-9-10-11-12-13-14-15-16-17-18-19-20-21-22-23-24-25-26-27-28-29-30-31-32-33-34-39-35-37-40(38-36-39)44(41,42)43;/h2*35-38H,2-34H2,1H3,(H,41,42,43);/q;;+2/p-2. The number of hydrogen-bond donors (Lipinski definition) is 0. The van der Waals surface area contributed by atoms with Crippen molar-refractivity contribution in [3.05, 3.63) is 59.7 Å². The predicted octanol–water partition coefficient (Wildman–Crippen LogP) is 26.9. The summed E-state index contributed by atoms with van der Waals surface area (Å²) >= 11 is 0. The third-order valence-electron chi connectivity index (χ3n) is 19.1. The molecule has 516 valence electrons. The minimum absolute atomic E-state index is 0. The average Bonchev–Trinajstić information content (AvgIpc) is 3.69. The minimum atomic E-state index is -4.33. The molecule has 0 fully saturated rings. The zero-order valence-corrected chi connectivity index (χ0v) is 63.1. The Balaban J connectivity index is 0.00000172. The summed E-state index contributed by atoms with van der Waals surface area (Å²) in [4.78, 5) is -0.264. The van der Waals surface area contributed by atoms with Crippen LogP contribution in [0.1, 0.15) is 436 Å². The molecule has 0 heterocycles. The van der Waals surface area contributed by atoms with E-state index in [-0.39, 0.29) is 47.5 Å². The first kappa shape index (κ1) is 88.5. The van der Waals surface area contributed by atoms with Gasteiger partial charge in [0.1, 0.15) is 20.2 Å². The summed E-state index contributed by atoms with van der Waals surface area (Å²) in [6, 6.07) is 12.8. The third kappa shape index (κ3) is 64.6. The van der Waals surface area contributed by atoms with E-state index in [0.717, 1.165) is 36.8 Å². The average molecular weight is 1310 g/mol. The second-order valence-corrected chi connectivity index (χ2v) is 30.4. The first-order valence-corrected chi connectivity index (χ1v) is 42.0. The van der Waals surface area contributed by atoms with E-state index in [1.54, 1.807) is 24.3 Å². The van der Waals surface area contributed by atoms with Crippen molar-refractivity contribution in [3.63, 3.8) is 0 Å². The van der Waals surface area contributed by atoms with E-state index in [2.05, 4.69) is 13.8 Å². The first-order valence-electron chi connectivity index (χ1n) is 39.2. The first-order chi connectivity index (χ1) is 43.1. The van der Waals surface area contributed by atoms with E-state index < -0.39 is 20.2 Å². The molecule has 89 heavy (non-hydrogen) atoms. The van der Waals surface area contributed by atoms with Gasteiger partial charge in [-0.2, -0.15) is 0 Å². The summed E-state index contributed by atoms with van der Waals surface area (Å²) in [6.07, 6.45) is 92.8. The number of hydrogen-bond acceptors (Lipinski definition) is 6. The van der Waals surface area contributed by atoms with Crippen LogP contribution in [0.5, 0.6) is 0 Å². The molecule has 0 unspecified atom stereocenters. The van der Waals surface area contributed by atoms with Gasteiger partial charge in [0.15, 0.2) is 0 Å². The molecule has 0 radical (unpaired) electrons. The van der Waals surface area contributed by atoms with E-state index in [9.17, 15) is 25.9 Å². The normalized spacial score (nSPS) is 11.7. The smallest absolute Gasteiger partial charge is 0.744 e. The maximum absolute atomic E-state index is 11.0. The summed E-state index contributed by atoms with van der Waals surface area (Å²) in [7, 11) is -8.66. The molecule has 0 bridgehead atoms. The SMILES string of the molecule is CCCCCCCCCCCCCCCCCCCCCCCCCCCCCCCCCCc1ccc(S(=O)(=O)[O-])cc1.CCCCCCCCCCCCCCCCCCCCCCCCCCCCCCCCCCc1ccc(S(=O)(=O)[O-])cc1.[Ca+2]. The molecule has 0 spiro atoms. The monoisotopic (exact) mass is 1310 g/mol. The third-order valence-corrected chi connectivity index (χ3v) is 20.8. The fourth-order valence-corrected chi connectivity index (χ4v) is 14.0. The number of unbranched alkanes of at least 4 members (excludes halogenated alkanes) is 62. The Hall–Kier alpha value is -0.480. The molecule has 9 heteroatoms. The summed E-state index contributed by atoms with van der Waals surface area (Å²) in [5.41, 5.74) is 2.23. The zero-order chi connectivity index (χ0) is 63.6. The molecule has 6 nitrogen and oxygen atoms in total. The van der Waals surface area contributed by atoms with Crippen molar-refractivity contribution >= 4 is 58.0 Å². The van der Waals surface area contributed by atoms with Crippen molar-refractivity contribution in [2.45, 2.75) is 447 Å². The van der Waals surface area contributed by atoms with Crippen LogP contribution >= 0.6 is 0 Å². The Morgan fingerprint density at radius 1 is 0.202 bits per heavy atom. The van der Waals surface area contributed by atoms with Crippen LogP contribution in [0.15, 0.2) is 58.3 Å². The molecule has 0 N–H and O–H groups in total. The summed E-state index contributed by atoms with van der Waals surface area (Å²) < 4.78 is 66.0. The van der Waals surface area contributed by atoms with Crippen LogP contribution in [-0.4, -0.2) is 63.7 Å². The van der Waals surface area contributed by atoms with Gasteiger partial charge < -0.3 is 9.11 Å². The Kier molecular flexibility index (Phi) is 68.5. The predicted molar refractivity (Wildman–Crippen MR) is 389 cm³/mol. The van der Waals surface area contributed by atoms with Gasteiger partial charge in [0, 0.05) is 0 Å². The Bertz CT molecular complexity index is 1780. The van der Waals surface area contributed by atoms with Crippen molar-refractivity contribution in [1.82, 2.24) is 0 Å². The summed E-state index contributed by atoms with van der Waals surface area (Å²) in [5, 5.41) is 0. The minimum Gasteiger partial charge on any atom is -0.744 e. The molecule has 2 aromatic rings. The molecule has 0 aliphatic carbocycles. The van der Waals surface area contributed by atoms with Crippen molar-refractivity contribution in [2.75, 3.05) is 0 Å². The summed E-state index contributed by atoms with van der Waals surface area (Å²) in [6.45, 7) is 4.60. The number of rotatable bonds is 68. The molecule has 0 saturated heterocycles. The molecule has 0 amide bonds. The fourth-order valence-electron chi connectivity index (χ4n) is 13.1. The van der Waals surface area contributed by atoms with Crippen molar-refractivity contribution in [2.24, 2.45) is 0 Å². The van der Waals surface area contributed by atoms with Gasteiger partial charge in [-0.15, -0.1) is 0 Å². The topological polar surface area (TPSA) is 114 Å². The van der Waals surface area contributed by atoms with E-state index in [1.807, 2.05) is 0 Å².